The minimum absolute atomic E-state index is 0.0778. The Morgan fingerprint density at radius 2 is 1.90 bits per heavy atom. The summed E-state index contributed by atoms with van der Waals surface area (Å²) in [6.07, 6.45) is 0. The second-order valence-electron chi connectivity index (χ2n) is 3.76. The van der Waals surface area contributed by atoms with Gasteiger partial charge in [0.25, 0.3) is 5.69 Å². The second-order valence-corrected chi connectivity index (χ2v) is 5.70. The van der Waals surface area contributed by atoms with Gasteiger partial charge in [-0.25, -0.2) is 8.42 Å². The lowest BCUT2D eigenvalue weighted by atomic mass is 10.3. The number of esters is 1. The molecule has 0 atom stereocenters. The molecule has 0 spiro atoms. The number of non-ortho nitro benzene ring substituents is 1. The van der Waals surface area contributed by atoms with E-state index in [1.807, 2.05) is 0 Å². The van der Waals surface area contributed by atoms with Crippen molar-refractivity contribution in [2.24, 2.45) is 0 Å². The number of nitrogens with zero attached hydrogens (tertiary/aromatic N) is 2. The maximum Gasteiger partial charge on any atom is 0.321 e. The highest BCUT2D eigenvalue weighted by molar-refractivity contribution is 7.89. The molecule has 20 heavy (non-hydrogen) atoms. The molecule has 1 aromatic rings. The van der Waals surface area contributed by atoms with E-state index in [-0.39, 0.29) is 17.1 Å². The van der Waals surface area contributed by atoms with Crippen LogP contribution in [0.15, 0.2) is 29.2 Å². The molecule has 0 amide bonds. The number of hydrogen-bond donors (Lipinski definition) is 0. The number of carbonyl (C=O) groups excluding carboxylic acids is 1. The number of likely N-dealkylation sites (N-methyl/N-ethyl adjacent to an activating group) is 1. The lowest BCUT2D eigenvalue weighted by Crippen LogP contribution is -2.36. The Labute approximate surface area is 116 Å². The van der Waals surface area contributed by atoms with Gasteiger partial charge < -0.3 is 4.74 Å². The molecule has 0 aromatic heterocycles. The number of benzene rings is 1. The van der Waals surface area contributed by atoms with Crippen LogP contribution in [0.2, 0.25) is 0 Å². The van der Waals surface area contributed by atoms with Gasteiger partial charge in [0.15, 0.2) is 0 Å². The van der Waals surface area contributed by atoms with Gasteiger partial charge in [0.2, 0.25) is 10.0 Å². The topological polar surface area (TPSA) is 107 Å². The Kier molecular flexibility index (Phi) is 5.17. The molecular weight excluding hydrogens is 288 g/mol. The quantitative estimate of drug-likeness (QED) is 0.436. The summed E-state index contributed by atoms with van der Waals surface area (Å²) >= 11 is 0. The van der Waals surface area contributed by atoms with Crippen LogP contribution in [-0.4, -0.2) is 43.8 Å². The number of carbonyl (C=O) groups is 1. The van der Waals surface area contributed by atoms with E-state index in [1.165, 1.54) is 0 Å². The fourth-order valence-electron chi connectivity index (χ4n) is 1.46. The predicted octanol–water partition coefficient (Wildman–Crippen LogP) is 0.778. The van der Waals surface area contributed by atoms with E-state index < -0.39 is 27.5 Å². The van der Waals surface area contributed by atoms with Gasteiger partial charge in [-0.15, -0.1) is 0 Å². The number of hydrogen-bond acceptors (Lipinski definition) is 6. The third kappa shape index (κ3) is 3.52. The van der Waals surface area contributed by atoms with Crippen LogP contribution in [0.25, 0.3) is 0 Å². The van der Waals surface area contributed by atoms with Crippen LogP contribution in [0.1, 0.15) is 6.92 Å². The zero-order valence-electron chi connectivity index (χ0n) is 11.0. The van der Waals surface area contributed by atoms with E-state index in [9.17, 15) is 23.3 Å². The smallest absolute Gasteiger partial charge is 0.321 e. The highest BCUT2D eigenvalue weighted by Gasteiger charge is 2.26. The summed E-state index contributed by atoms with van der Waals surface area (Å²) in [4.78, 5) is 21.0. The van der Waals surface area contributed by atoms with Gasteiger partial charge in [-0.2, -0.15) is 4.31 Å². The summed E-state index contributed by atoms with van der Waals surface area (Å²) in [5.74, 6) is -0.683. The van der Waals surface area contributed by atoms with Gasteiger partial charge >= 0.3 is 5.97 Å². The summed E-state index contributed by atoms with van der Waals surface area (Å²) in [6.45, 7) is 1.24. The third-order valence-electron chi connectivity index (χ3n) is 2.57. The van der Waals surface area contributed by atoms with Crippen LogP contribution in [-0.2, 0) is 19.6 Å². The summed E-state index contributed by atoms with van der Waals surface area (Å²) in [5, 5.41) is 10.5. The van der Waals surface area contributed by atoms with Crippen LogP contribution in [0.4, 0.5) is 5.69 Å². The molecule has 0 aliphatic rings. The maximum atomic E-state index is 12.2. The van der Waals surface area contributed by atoms with Crippen LogP contribution in [0.5, 0.6) is 0 Å². The third-order valence-corrected chi connectivity index (χ3v) is 4.51. The lowest BCUT2D eigenvalue weighted by molar-refractivity contribution is -0.384. The lowest BCUT2D eigenvalue weighted by Gasteiger charge is -2.18. The number of nitro benzene ring substituents is 1. The normalized spacial score (nSPS) is 11.3. The standard InChI is InChI=1S/C11H14N2O6S/c1-3-12(8-11(14)19-2)20(17,18)10-6-4-9(5-7-10)13(15)16/h4-7H,3,8H2,1-2H3. The number of rotatable bonds is 6. The minimum Gasteiger partial charge on any atom is -0.468 e. The first kappa shape index (κ1) is 16.1. The highest BCUT2D eigenvalue weighted by atomic mass is 32.2. The molecule has 0 aliphatic carbocycles. The average molecular weight is 302 g/mol. The Morgan fingerprint density at radius 3 is 2.30 bits per heavy atom. The molecule has 0 aliphatic heterocycles. The van der Waals surface area contributed by atoms with Crippen molar-refractivity contribution in [3.8, 4) is 0 Å². The zero-order chi connectivity index (χ0) is 15.3. The van der Waals surface area contributed by atoms with E-state index in [2.05, 4.69) is 4.74 Å². The fraction of sp³-hybridized carbons (Fsp3) is 0.364. The van der Waals surface area contributed by atoms with Crippen LogP contribution in [0.3, 0.4) is 0 Å². The minimum atomic E-state index is -3.89. The molecule has 0 saturated heterocycles. The summed E-state index contributed by atoms with van der Waals surface area (Å²) in [6, 6.07) is 4.46. The van der Waals surface area contributed by atoms with Gasteiger partial charge in [0.1, 0.15) is 6.54 Å². The van der Waals surface area contributed by atoms with Crippen LogP contribution in [0, 0.1) is 10.1 Å². The largest absolute Gasteiger partial charge is 0.468 e. The summed E-state index contributed by atoms with van der Waals surface area (Å²) in [7, 11) is -2.73. The first-order chi connectivity index (χ1) is 9.32. The van der Waals surface area contributed by atoms with E-state index in [1.54, 1.807) is 6.92 Å². The van der Waals surface area contributed by atoms with Crippen molar-refractivity contribution in [2.45, 2.75) is 11.8 Å². The molecular formula is C11H14N2O6S. The molecule has 0 saturated carbocycles. The molecule has 110 valence electrons. The van der Waals surface area contributed by atoms with E-state index >= 15 is 0 Å². The Morgan fingerprint density at radius 1 is 1.35 bits per heavy atom. The fourth-order valence-corrected chi connectivity index (χ4v) is 2.86. The van der Waals surface area contributed by atoms with Crippen molar-refractivity contribution in [1.82, 2.24) is 4.31 Å². The van der Waals surface area contributed by atoms with Crippen molar-refractivity contribution < 1.29 is 22.9 Å². The number of sulfonamides is 1. The molecule has 0 unspecified atom stereocenters. The molecule has 0 bridgehead atoms. The average Bonchev–Trinajstić information content (AvgIpc) is 2.44. The van der Waals surface area contributed by atoms with Crippen LogP contribution < -0.4 is 0 Å². The molecule has 8 nitrogen and oxygen atoms in total. The van der Waals surface area contributed by atoms with Gasteiger partial charge in [-0.3, -0.25) is 14.9 Å². The van der Waals surface area contributed by atoms with Gasteiger partial charge in [0, 0.05) is 18.7 Å². The highest BCUT2D eigenvalue weighted by Crippen LogP contribution is 2.19. The maximum absolute atomic E-state index is 12.2. The Balaban J connectivity index is 3.07. The zero-order valence-corrected chi connectivity index (χ0v) is 11.8. The van der Waals surface area contributed by atoms with Gasteiger partial charge in [-0.1, -0.05) is 6.92 Å². The van der Waals surface area contributed by atoms with Gasteiger partial charge in [0.05, 0.1) is 16.9 Å². The molecule has 0 heterocycles. The SMILES string of the molecule is CCN(CC(=O)OC)S(=O)(=O)c1ccc([N+](=O)[O-])cc1. The summed E-state index contributed by atoms with van der Waals surface area (Å²) < 4.78 is 29.8. The first-order valence-corrected chi connectivity index (χ1v) is 7.08. The van der Waals surface area contributed by atoms with Crippen LogP contribution >= 0.6 is 0 Å². The molecule has 0 N–H and O–H groups in total. The molecule has 1 rings (SSSR count). The van der Waals surface area contributed by atoms with E-state index in [4.69, 9.17) is 0 Å². The number of methoxy groups -OCH3 is 1. The van der Waals surface area contributed by atoms with Crippen molar-refractivity contribution >= 4 is 21.7 Å². The Hall–Kier alpha value is -2.00. The first-order valence-electron chi connectivity index (χ1n) is 5.64. The molecule has 0 radical (unpaired) electrons. The van der Waals surface area contributed by atoms with Crippen molar-refractivity contribution in [3.63, 3.8) is 0 Å². The van der Waals surface area contributed by atoms with Crippen molar-refractivity contribution in [2.75, 3.05) is 20.2 Å². The predicted molar refractivity (Wildman–Crippen MR) is 69.5 cm³/mol. The van der Waals surface area contributed by atoms with Crippen molar-refractivity contribution in [1.29, 1.82) is 0 Å². The molecule has 1 aromatic carbocycles. The number of nitro groups is 1. The van der Waals surface area contributed by atoms with E-state index in [0.717, 1.165) is 35.7 Å². The second kappa shape index (κ2) is 6.44. The monoisotopic (exact) mass is 302 g/mol. The Bertz CT molecular complexity index is 596. The van der Waals surface area contributed by atoms with Crippen molar-refractivity contribution in [3.05, 3.63) is 34.4 Å². The molecule has 9 heteroatoms. The van der Waals surface area contributed by atoms with Gasteiger partial charge in [-0.05, 0) is 12.1 Å². The van der Waals surface area contributed by atoms with E-state index in [0.29, 0.717) is 0 Å². The number of ether oxygens (including phenoxy) is 1. The summed E-state index contributed by atoms with van der Waals surface area (Å²) in [5.41, 5.74) is -0.208. The molecule has 0 fully saturated rings.